The maximum atomic E-state index is 12.5. The Bertz CT molecular complexity index is 971. The number of aromatic hydroxyl groups is 1. The molecule has 3 N–H and O–H groups in total. The molecule has 0 unspecified atom stereocenters. The number of aliphatic hydroxyl groups is 1. The van der Waals surface area contributed by atoms with Gasteiger partial charge in [-0.1, -0.05) is 57.2 Å². The minimum atomic E-state index is -3.26. The number of aliphatic hydroxyl groups excluding tert-OH is 1. The van der Waals surface area contributed by atoms with Crippen LogP contribution >= 0.6 is 0 Å². The Balaban J connectivity index is 1.72. The van der Waals surface area contributed by atoms with Gasteiger partial charge >= 0.3 is 0 Å². The average Bonchev–Trinajstić information content (AvgIpc) is 2.70. The van der Waals surface area contributed by atoms with Crippen LogP contribution in [0.15, 0.2) is 42.5 Å². The first-order valence-electron chi connectivity index (χ1n) is 10.7. The summed E-state index contributed by atoms with van der Waals surface area (Å²) in [6.07, 6.45) is 0.417. The Kier molecular flexibility index (Phi) is 7.22. The summed E-state index contributed by atoms with van der Waals surface area (Å²) in [7, 11) is -3.26. The molecule has 164 valence electrons. The summed E-state index contributed by atoms with van der Waals surface area (Å²) in [6, 6.07) is 13.1. The summed E-state index contributed by atoms with van der Waals surface area (Å²) in [5.74, 6) is 0.231. The Morgan fingerprint density at radius 2 is 1.87 bits per heavy atom. The van der Waals surface area contributed by atoms with Crippen LogP contribution in [0.25, 0.3) is 0 Å². The van der Waals surface area contributed by atoms with Gasteiger partial charge in [-0.15, -0.1) is 0 Å². The minimum absolute atomic E-state index is 0.0164. The highest BCUT2D eigenvalue weighted by atomic mass is 32.2. The van der Waals surface area contributed by atoms with E-state index < -0.39 is 22.0 Å². The molecule has 2 aromatic carbocycles. The molecule has 30 heavy (non-hydrogen) atoms. The monoisotopic (exact) mass is 431 g/mol. The van der Waals surface area contributed by atoms with Crippen molar-refractivity contribution >= 4 is 9.84 Å². The maximum absolute atomic E-state index is 12.5. The van der Waals surface area contributed by atoms with Gasteiger partial charge in [0.1, 0.15) is 5.75 Å². The number of phenols is 1. The van der Waals surface area contributed by atoms with Crippen LogP contribution in [0, 0.1) is 5.92 Å². The zero-order valence-electron chi connectivity index (χ0n) is 18.0. The zero-order valence-corrected chi connectivity index (χ0v) is 18.8. The summed E-state index contributed by atoms with van der Waals surface area (Å²) in [5, 5.41) is 24.1. The maximum Gasteiger partial charge on any atom is 0.152 e. The Labute approximate surface area is 180 Å². The van der Waals surface area contributed by atoms with Crippen molar-refractivity contribution in [3.8, 4) is 5.75 Å². The first-order chi connectivity index (χ1) is 14.2. The summed E-state index contributed by atoms with van der Waals surface area (Å²) in [6.45, 7) is 6.76. The third-order valence-electron chi connectivity index (χ3n) is 6.01. The molecule has 1 saturated heterocycles. The summed E-state index contributed by atoms with van der Waals surface area (Å²) >= 11 is 0. The lowest BCUT2D eigenvalue weighted by Crippen LogP contribution is -2.54. The third kappa shape index (κ3) is 5.62. The molecule has 6 heteroatoms. The SMILES string of the molecule is CCc1cc(C[C@@H]2CS(=O)(=O)C[C@H](NCc3cccc(C(C)C)c3)[C@H]2O)ccc1O. The fraction of sp³-hybridized carbons (Fsp3) is 0.500. The van der Waals surface area contributed by atoms with Crippen LogP contribution in [-0.4, -0.2) is 42.3 Å². The second-order valence-corrected chi connectivity index (χ2v) is 10.9. The molecule has 2 aromatic rings. The van der Waals surface area contributed by atoms with Crippen molar-refractivity contribution in [2.45, 2.75) is 58.2 Å². The molecule has 3 rings (SSSR count). The molecule has 0 aromatic heterocycles. The van der Waals surface area contributed by atoms with Gasteiger partial charge in [0, 0.05) is 18.5 Å². The van der Waals surface area contributed by atoms with E-state index in [2.05, 4.69) is 31.3 Å². The fourth-order valence-corrected chi connectivity index (χ4v) is 6.18. The summed E-state index contributed by atoms with van der Waals surface area (Å²) in [5.41, 5.74) is 4.09. The van der Waals surface area contributed by atoms with Gasteiger partial charge in [0.15, 0.2) is 9.84 Å². The predicted molar refractivity (Wildman–Crippen MR) is 120 cm³/mol. The topological polar surface area (TPSA) is 86.6 Å². The number of sulfone groups is 1. The van der Waals surface area contributed by atoms with E-state index in [1.165, 1.54) is 5.56 Å². The largest absolute Gasteiger partial charge is 0.508 e. The molecule has 5 nitrogen and oxygen atoms in total. The van der Waals surface area contributed by atoms with E-state index in [1.54, 1.807) is 6.07 Å². The molecule has 0 radical (unpaired) electrons. The fourth-order valence-electron chi connectivity index (χ4n) is 4.22. The van der Waals surface area contributed by atoms with E-state index in [0.717, 1.165) is 16.7 Å². The van der Waals surface area contributed by atoms with Gasteiger partial charge in [-0.05, 0) is 47.1 Å². The number of hydrogen-bond donors (Lipinski definition) is 3. The molecule has 0 spiro atoms. The number of nitrogens with one attached hydrogen (secondary N) is 1. The second kappa shape index (κ2) is 9.50. The lowest BCUT2D eigenvalue weighted by Gasteiger charge is -2.35. The third-order valence-corrected chi connectivity index (χ3v) is 7.81. The molecular formula is C24H33NO4S. The molecule has 0 bridgehead atoms. The smallest absolute Gasteiger partial charge is 0.152 e. The van der Waals surface area contributed by atoms with Crippen LogP contribution in [-0.2, 0) is 29.2 Å². The molecular weight excluding hydrogens is 398 g/mol. The van der Waals surface area contributed by atoms with Crippen molar-refractivity contribution < 1.29 is 18.6 Å². The Hall–Kier alpha value is -1.89. The highest BCUT2D eigenvalue weighted by molar-refractivity contribution is 7.91. The van der Waals surface area contributed by atoms with Crippen LogP contribution in [0.4, 0.5) is 0 Å². The highest BCUT2D eigenvalue weighted by Gasteiger charge is 2.39. The molecule has 1 aliphatic heterocycles. The van der Waals surface area contributed by atoms with Gasteiger partial charge in [-0.2, -0.15) is 0 Å². The van der Waals surface area contributed by atoms with Gasteiger partial charge in [0.05, 0.1) is 17.6 Å². The van der Waals surface area contributed by atoms with Crippen molar-refractivity contribution in [1.29, 1.82) is 0 Å². The summed E-state index contributed by atoms with van der Waals surface area (Å²) < 4.78 is 25.1. The van der Waals surface area contributed by atoms with Crippen molar-refractivity contribution in [1.82, 2.24) is 5.32 Å². The van der Waals surface area contributed by atoms with Gasteiger partial charge in [0.25, 0.3) is 0 Å². The van der Waals surface area contributed by atoms with Crippen molar-refractivity contribution in [3.63, 3.8) is 0 Å². The first-order valence-corrected chi connectivity index (χ1v) is 12.5. The van der Waals surface area contributed by atoms with Crippen LogP contribution in [0.2, 0.25) is 0 Å². The first kappa shape index (κ1) is 22.8. The lowest BCUT2D eigenvalue weighted by atomic mass is 9.90. The standard InChI is InChI=1S/C24H33NO4S/c1-4-19-10-17(8-9-23(19)26)11-21-14-30(28,29)15-22(24(21)27)25-13-18-6-5-7-20(12-18)16(2)3/h5-10,12,16,21-22,24-27H,4,11,13-15H2,1-3H3/t21-,22+,24+/m1/s1. The lowest BCUT2D eigenvalue weighted by molar-refractivity contribution is 0.0781. The molecule has 0 saturated carbocycles. The summed E-state index contributed by atoms with van der Waals surface area (Å²) in [4.78, 5) is 0. The molecule has 3 atom stereocenters. The molecule has 1 aliphatic rings. The van der Waals surface area contributed by atoms with E-state index in [1.807, 2.05) is 31.2 Å². The zero-order chi connectivity index (χ0) is 21.9. The number of benzene rings is 2. The Morgan fingerprint density at radius 1 is 1.10 bits per heavy atom. The van der Waals surface area contributed by atoms with Crippen molar-refractivity contribution in [2.75, 3.05) is 11.5 Å². The normalized spacial score (nSPS) is 23.6. The van der Waals surface area contributed by atoms with Crippen LogP contribution < -0.4 is 5.32 Å². The van der Waals surface area contributed by atoms with Gasteiger partial charge in [0.2, 0.25) is 0 Å². The number of hydrogen-bond acceptors (Lipinski definition) is 5. The number of aryl methyl sites for hydroxylation is 1. The van der Waals surface area contributed by atoms with Crippen molar-refractivity contribution in [2.24, 2.45) is 5.92 Å². The van der Waals surface area contributed by atoms with Gasteiger partial charge in [-0.25, -0.2) is 8.42 Å². The second-order valence-electron chi connectivity index (χ2n) is 8.74. The number of phenolic OH excluding ortho intramolecular Hbond substituents is 1. The van der Waals surface area contributed by atoms with E-state index in [4.69, 9.17) is 0 Å². The van der Waals surface area contributed by atoms with E-state index in [9.17, 15) is 18.6 Å². The molecule has 1 heterocycles. The molecule has 0 aliphatic carbocycles. The van der Waals surface area contributed by atoms with Crippen LogP contribution in [0.1, 0.15) is 48.9 Å². The van der Waals surface area contributed by atoms with Crippen LogP contribution in [0.5, 0.6) is 5.75 Å². The highest BCUT2D eigenvalue weighted by Crippen LogP contribution is 2.27. The molecule has 1 fully saturated rings. The average molecular weight is 432 g/mol. The van der Waals surface area contributed by atoms with Crippen molar-refractivity contribution in [3.05, 3.63) is 64.7 Å². The van der Waals surface area contributed by atoms with E-state index in [0.29, 0.717) is 25.3 Å². The molecule has 0 amide bonds. The minimum Gasteiger partial charge on any atom is -0.508 e. The van der Waals surface area contributed by atoms with Gasteiger partial charge in [-0.3, -0.25) is 0 Å². The predicted octanol–water partition coefficient (Wildman–Crippen LogP) is 3.18. The van der Waals surface area contributed by atoms with E-state index >= 15 is 0 Å². The van der Waals surface area contributed by atoms with E-state index in [-0.39, 0.29) is 23.2 Å². The van der Waals surface area contributed by atoms with Crippen LogP contribution in [0.3, 0.4) is 0 Å². The Morgan fingerprint density at radius 3 is 2.57 bits per heavy atom. The number of rotatable bonds is 7. The quantitative estimate of drug-likeness (QED) is 0.627. The van der Waals surface area contributed by atoms with Gasteiger partial charge < -0.3 is 15.5 Å².